The van der Waals surface area contributed by atoms with Gasteiger partial charge in [-0.2, -0.15) is 0 Å². The monoisotopic (exact) mass is 523 g/mol. The van der Waals surface area contributed by atoms with Gasteiger partial charge in [-0.1, -0.05) is 30.0 Å². The number of nitrogens with zero attached hydrogens (tertiary/aromatic N) is 3. The Hall–Kier alpha value is -3.99. The lowest BCUT2D eigenvalue weighted by atomic mass is 10.0. The molecule has 2 N–H and O–H groups in total. The third-order valence-electron chi connectivity index (χ3n) is 5.50. The van der Waals surface area contributed by atoms with E-state index in [0.29, 0.717) is 34.7 Å². The highest BCUT2D eigenvalue weighted by atomic mass is 32.2. The van der Waals surface area contributed by atoms with Crippen LogP contribution in [-0.2, 0) is 22.7 Å². The van der Waals surface area contributed by atoms with Crippen LogP contribution >= 0.6 is 11.8 Å². The first-order chi connectivity index (χ1) is 17.9. The lowest BCUT2D eigenvalue weighted by Gasteiger charge is -2.27. The van der Waals surface area contributed by atoms with E-state index in [1.807, 2.05) is 35.8 Å². The molecule has 0 saturated carbocycles. The number of amides is 2. The van der Waals surface area contributed by atoms with E-state index < -0.39 is 18.0 Å². The third-order valence-corrected chi connectivity index (χ3v) is 6.50. The van der Waals surface area contributed by atoms with E-state index in [1.54, 1.807) is 32.1 Å². The van der Waals surface area contributed by atoms with E-state index in [9.17, 15) is 9.59 Å². The van der Waals surface area contributed by atoms with Gasteiger partial charge in [-0.05, 0) is 50.6 Å². The van der Waals surface area contributed by atoms with Crippen LogP contribution in [0.2, 0.25) is 0 Å². The number of allylic oxidation sites excluding steroid dienone is 1. The Morgan fingerprint density at radius 1 is 1.27 bits per heavy atom. The smallest absolute Gasteiger partial charge is 0.338 e. The van der Waals surface area contributed by atoms with E-state index in [-0.39, 0.29) is 24.5 Å². The van der Waals surface area contributed by atoms with Crippen LogP contribution in [0.4, 0.5) is 4.79 Å². The number of carbonyl (C=O) groups excluding carboxylic acids is 2. The second kappa shape index (κ2) is 11.8. The molecule has 0 aliphatic carbocycles. The van der Waals surface area contributed by atoms with Gasteiger partial charge in [0.25, 0.3) is 0 Å². The number of thioether (sulfide) groups is 1. The zero-order valence-corrected chi connectivity index (χ0v) is 21.8. The van der Waals surface area contributed by atoms with Crippen molar-refractivity contribution in [2.24, 2.45) is 0 Å². The van der Waals surface area contributed by atoms with E-state index in [1.165, 1.54) is 11.8 Å². The van der Waals surface area contributed by atoms with Crippen LogP contribution in [0.3, 0.4) is 0 Å². The molecule has 0 fully saturated rings. The van der Waals surface area contributed by atoms with Crippen LogP contribution in [0.5, 0.6) is 5.75 Å². The molecular formula is C26H29N5O5S. The molecule has 3 heterocycles. The first-order valence-electron chi connectivity index (χ1n) is 11.8. The second-order valence-corrected chi connectivity index (χ2v) is 9.23. The maximum atomic E-state index is 12.9. The Balaban J connectivity index is 1.58. The summed E-state index contributed by atoms with van der Waals surface area (Å²) in [6.45, 7) is 10.2. The molecule has 2 amide bonds. The van der Waals surface area contributed by atoms with Gasteiger partial charge < -0.3 is 24.5 Å². The Morgan fingerprint density at radius 3 is 2.81 bits per heavy atom. The molecule has 11 heteroatoms. The number of urea groups is 1. The number of benzene rings is 1. The highest BCUT2D eigenvalue weighted by molar-refractivity contribution is 7.99. The summed E-state index contributed by atoms with van der Waals surface area (Å²) >= 11 is 1.33. The summed E-state index contributed by atoms with van der Waals surface area (Å²) in [6.07, 6.45) is 1.74. The number of hydrogen-bond donors (Lipinski definition) is 2. The van der Waals surface area contributed by atoms with Crippen LogP contribution in [0.25, 0.3) is 0 Å². The van der Waals surface area contributed by atoms with E-state index in [4.69, 9.17) is 13.9 Å². The van der Waals surface area contributed by atoms with Gasteiger partial charge in [0.05, 0.1) is 12.2 Å². The zero-order valence-electron chi connectivity index (χ0n) is 20.9. The van der Waals surface area contributed by atoms with Gasteiger partial charge in [0.1, 0.15) is 29.9 Å². The predicted molar refractivity (Wildman–Crippen MR) is 138 cm³/mol. The molecule has 194 valence electrons. The molecule has 0 unspecified atom stereocenters. The van der Waals surface area contributed by atoms with Crippen molar-refractivity contribution in [1.82, 2.24) is 25.4 Å². The zero-order chi connectivity index (χ0) is 26.4. The molecule has 1 aliphatic heterocycles. The first kappa shape index (κ1) is 26.1. The fourth-order valence-corrected chi connectivity index (χ4v) is 4.77. The minimum Gasteiger partial charge on any atom is -0.486 e. The number of hydrogen-bond acceptors (Lipinski definition) is 8. The maximum absolute atomic E-state index is 12.9. The van der Waals surface area contributed by atoms with Crippen molar-refractivity contribution in [2.45, 2.75) is 45.1 Å². The Kier molecular flexibility index (Phi) is 8.34. The molecule has 1 aromatic carbocycles. The summed E-state index contributed by atoms with van der Waals surface area (Å²) < 4.78 is 18.8. The molecule has 1 atom stereocenters. The Morgan fingerprint density at radius 2 is 2.11 bits per heavy atom. The highest BCUT2D eigenvalue weighted by Gasteiger charge is 2.35. The predicted octanol–water partition coefficient (Wildman–Crippen LogP) is 4.22. The van der Waals surface area contributed by atoms with Crippen molar-refractivity contribution in [2.75, 3.05) is 12.4 Å². The van der Waals surface area contributed by atoms with Gasteiger partial charge in [-0.25, -0.2) is 9.59 Å². The minimum atomic E-state index is -0.776. The van der Waals surface area contributed by atoms with Gasteiger partial charge in [0.15, 0.2) is 11.0 Å². The fraction of sp³-hybridized carbons (Fsp3) is 0.308. The number of furan rings is 1. The number of aryl methyl sites for hydroxylation is 2. The average molecular weight is 524 g/mol. The molecule has 37 heavy (non-hydrogen) atoms. The third kappa shape index (κ3) is 6.23. The molecule has 3 aromatic rings. The first-order valence-corrected chi connectivity index (χ1v) is 12.8. The van der Waals surface area contributed by atoms with Crippen molar-refractivity contribution in [3.8, 4) is 5.75 Å². The largest absolute Gasteiger partial charge is 0.486 e. The molecule has 4 rings (SSSR count). The molecule has 0 bridgehead atoms. The quantitative estimate of drug-likeness (QED) is 0.218. The van der Waals surface area contributed by atoms with Crippen LogP contribution in [0.1, 0.15) is 35.9 Å². The SMILES string of the molecule is C=CCn1c(COc2cccc(C)c2)nnc1SCC1=C(C(=O)OCC)[C@@H](c2ccc(C)o2)NC(=O)N1. The van der Waals surface area contributed by atoms with Crippen molar-refractivity contribution in [3.05, 3.63) is 83.2 Å². The number of nitrogens with one attached hydrogen (secondary N) is 2. The Bertz CT molecular complexity index is 1330. The van der Waals surface area contributed by atoms with Crippen molar-refractivity contribution in [1.29, 1.82) is 0 Å². The summed E-state index contributed by atoms with van der Waals surface area (Å²) in [6, 6.07) is 10.1. The van der Waals surface area contributed by atoms with Crippen molar-refractivity contribution < 1.29 is 23.5 Å². The lowest BCUT2D eigenvalue weighted by molar-refractivity contribution is -0.139. The Labute approximate surface area is 219 Å². The van der Waals surface area contributed by atoms with Crippen molar-refractivity contribution in [3.63, 3.8) is 0 Å². The van der Waals surface area contributed by atoms with Crippen LogP contribution in [-0.4, -0.2) is 39.1 Å². The summed E-state index contributed by atoms with van der Waals surface area (Å²) in [5.74, 6) is 2.18. The highest BCUT2D eigenvalue weighted by Crippen LogP contribution is 2.31. The number of esters is 1. The molecule has 0 radical (unpaired) electrons. The minimum absolute atomic E-state index is 0.193. The molecular weight excluding hydrogens is 494 g/mol. The molecule has 1 aliphatic rings. The van der Waals surface area contributed by atoms with Gasteiger partial charge in [0, 0.05) is 18.0 Å². The van der Waals surface area contributed by atoms with Gasteiger partial charge in [-0.15, -0.1) is 16.8 Å². The van der Waals surface area contributed by atoms with Gasteiger partial charge in [-0.3, -0.25) is 4.57 Å². The van der Waals surface area contributed by atoms with Crippen LogP contribution in [0, 0.1) is 13.8 Å². The van der Waals surface area contributed by atoms with Gasteiger partial charge >= 0.3 is 12.0 Å². The number of carbonyl (C=O) groups is 2. The van der Waals surface area contributed by atoms with Gasteiger partial charge in [0.2, 0.25) is 0 Å². The summed E-state index contributed by atoms with van der Waals surface area (Å²) in [5.41, 5.74) is 1.79. The summed E-state index contributed by atoms with van der Waals surface area (Å²) in [5, 5.41) is 14.7. The van der Waals surface area contributed by atoms with E-state index in [2.05, 4.69) is 27.4 Å². The molecule has 0 spiro atoms. The fourth-order valence-electron chi connectivity index (χ4n) is 3.84. The summed E-state index contributed by atoms with van der Waals surface area (Å²) in [7, 11) is 0. The molecule has 2 aromatic heterocycles. The maximum Gasteiger partial charge on any atom is 0.338 e. The molecule has 0 saturated heterocycles. The normalized spacial score (nSPS) is 15.2. The lowest BCUT2D eigenvalue weighted by Crippen LogP contribution is -2.46. The van der Waals surface area contributed by atoms with Crippen LogP contribution < -0.4 is 15.4 Å². The number of ether oxygens (including phenoxy) is 2. The van der Waals surface area contributed by atoms with E-state index in [0.717, 1.165) is 11.3 Å². The van der Waals surface area contributed by atoms with E-state index >= 15 is 0 Å². The number of rotatable bonds is 11. The standard InChI is InChI=1S/C26H29N5O5S/c1-5-12-31-21(14-35-18-9-7-8-16(3)13-18)29-30-26(31)37-15-19-22(24(32)34-6-2)23(28-25(33)27-19)20-11-10-17(4)36-20/h5,7-11,13,23H,1,6,12,14-15H2,2-4H3,(H2,27,28,33)/t23-/m1/s1. The summed E-state index contributed by atoms with van der Waals surface area (Å²) in [4.78, 5) is 25.4. The molecule has 10 nitrogen and oxygen atoms in total. The average Bonchev–Trinajstić information content (AvgIpc) is 3.47. The van der Waals surface area contributed by atoms with Crippen molar-refractivity contribution >= 4 is 23.8 Å². The number of aromatic nitrogens is 3. The second-order valence-electron chi connectivity index (χ2n) is 8.28. The topological polar surface area (TPSA) is 121 Å². The van der Waals surface area contributed by atoms with Crippen LogP contribution in [0.15, 0.2) is 69.9 Å².